The number of hydrogen-bond donors (Lipinski definition) is 0. The number of ether oxygens (including phenoxy) is 3. The number of carbonyl (C=O) groups is 1. The third-order valence-electron chi connectivity index (χ3n) is 1.97. The van der Waals surface area contributed by atoms with Crippen molar-refractivity contribution in [3.8, 4) is 11.6 Å². The third kappa shape index (κ3) is 3.98. The predicted molar refractivity (Wildman–Crippen MR) is 61.4 cm³/mol. The molecule has 0 aliphatic heterocycles. The van der Waals surface area contributed by atoms with Crippen LogP contribution >= 0.6 is 15.9 Å². The van der Waals surface area contributed by atoms with Crippen molar-refractivity contribution in [1.29, 1.82) is 0 Å². The minimum atomic E-state index is -4.89. The van der Waals surface area contributed by atoms with Crippen LogP contribution in [0.3, 0.4) is 0 Å². The quantitative estimate of drug-likeness (QED) is 0.621. The van der Waals surface area contributed by atoms with Crippen molar-refractivity contribution >= 4 is 21.9 Å². The van der Waals surface area contributed by atoms with Crippen molar-refractivity contribution in [1.82, 2.24) is 4.98 Å². The van der Waals surface area contributed by atoms with Gasteiger partial charge in [-0.2, -0.15) is 0 Å². The zero-order valence-electron chi connectivity index (χ0n) is 9.88. The molecule has 0 amide bonds. The van der Waals surface area contributed by atoms with E-state index in [0.717, 1.165) is 20.3 Å². The molecule has 0 N–H and O–H groups in total. The number of carbonyl (C=O) groups excluding carboxylic acids is 1. The van der Waals surface area contributed by atoms with E-state index in [0.29, 0.717) is 0 Å². The molecule has 19 heavy (non-hydrogen) atoms. The molecule has 1 aromatic rings. The maximum absolute atomic E-state index is 12.3. The van der Waals surface area contributed by atoms with Crippen molar-refractivity contribution in [2.75, 3.05) is 14.2 Å². The van der Waals surface area contributed by atoms with Gasteiger partial charge in [0.15, 0.2) is 11.4 Å². The minimum absolute atomic E-state index is 0.0152. The molecule has 0 atom stereocenters. The molecule has 0 radical (unpaired) electrons. The average molecular weight is 344 g/mol. The average Bonchev–Trinajstić information content (AvgIpc) is 2.36. The van der Waals surface area contributed by atoms with E-state index >= 15 is 0 Å². The third-order valence-corrected chi connectivity index (χ3v) is 2.57. The lowest BCUT2D eigenvalue weighted by molar-refractivity contribution is -0.275. The van der Waals surface area contributed by atoms with Crippen LogP contribution in [-0.2, 0) is 10.1 Å². The van der Waals surface area contributed by atoms with E-state index in [1.54, 1.807) is 0 Å². The molecule has 1 rings (SSSR count). The van der Waals surface area contributed by atoms with Crippen LogP contribution in [0.1, 0.15) is 16.1 Å². The number of esters is 1. The zero-order chi connectivity index (χ0) is 14.6. The molecule has 9 heteroatoms. The summed E-state index contributed by atoms with van der Waals surface area (Å²) in [7, 11) is 2.25. The minimum Gasteiger partial charge on any atom is -0.478 e. The first-order valence-corrected chi connectivity index (χ1v) is 5.92. The first-order valence-electron chi connectivity index (χ1n) is 4.80. The van der Waals surface area contributed by atoms with Crippen molar-refractivity contribution in [2.45, 2.75) is 11.7 Å². The summed E-state index contributed by atoms with van der Waals surface area (Å²) < 4.78 is 49.8. The number of hydrogen-bond acceptors (Lipinski definition) is 5. The number of aromatic nitrogens is 1. The Bertz CT molecular complexity index is 453. The predicted octanol–water partition coefficient (Wildman–Crippen LogP) is 2.67. The molecule has 0 fully saturated rings. The van der Waals surface area contributed by atoms with Crippen molar-refractivity contribution in [2.24, 2.45) is 0 Å². The van der Waals surface area contributed by atoms with Gasteiger partial charge in [-0.05, 0) is 6.07 Å². The van der Waals surface area contributed by atoms with Gasteiger partial charge in [0.2, 0.25) is 0 Å². The lowest BCUT2D eigenvalue weighted by atomic mass is 10.2. The van der Waals surface area contributed by atoms with Crippen LogP contribution in [0.2, 0.25) is 0 Å². The zero-order valence-corrected chi connectivity index (χ0v) is 11.5. The van der Waals surface area contributed by atoms with Gasteiger partial charge in [-0.1, -0.05) is 15.9 Å². The molecule has 0 bridgehead atoms. The van der Waals surface area contributed by atoms with E-state index < -0.39 is 24.0 Å². The molecular weight excluding hydrogens is 335 g/mol. The van der Waals surface area contributed by atoms with Gasteiger partial charge >= 0.3 is 12.3 Å². The highest BCUT2D eigenvalue weighted by molar-refractivity contribution is 9.08. The molecule has 0 aliphatic carbocycles. The highest BCUT2D eigenvalue weighted by Crippen LogP contribution is 2.35. The SMILES string of the molecule is COC(=O)c1cc(CBr)c(OC(F)(F)F)c(OC)n1. The fraction of sp³-hybridized carbons (Fsp3) is 0.400. The van der Waals surface area contributed by atoms with Crippen LogP contribution in [0.15, 0.2) is 6.07 Å². The number of rotatable bonds is 4. The highest BCUT2D eigenvalue weighted by atomic mass is 79.9. The van der Waals surface area contributed by atoms with Crippen LogP contribution in [0.4, 0.5) is 13.2 Å². The summed E-state index contributed by atoms with van der Waals surface area (Å²) in [5.74, 6) is -1.84. The molecule has 0 unspecified atom stereocenters. The monoisotopic (exact) mass is 343 g/mol. The number of alkyl halides is 4. The molecule has 1 aromatic heterocycles. The van der Waals surface area contributed by atoms with Gasteiger partial charge in [-0.25, -0.2) is 9.78 Å². The van der Waals surface area contributed by atoms with Crippen molar-refractivity contribution in [3.05, 3.63) is 17.3 Å². The van der Waals surface area contributed by atoms with E-state index in [1.807, 2.05) is 0 Å². The molecule has 106 valence electrons. The van der Waals surface area contributed by atoms with Gasteiger partial charge in [-0.3, -0.25) is 0 Å². The van der Waals surface area contributed by atoms with E-state index in [-0.39, 0.29) is 16.6 Å². The molecular formula is C10H9BrF3NO4. The second-order valence-corrected chi connectivity index (χ2v) is 3.74. The first-order chi connectivity index (χ1) is 8.82. The molecule has 0 aromatic carbocycles. The largest absolute Gasteiger partial charge is 0.573 e. The van der Waals surface area contributed by atoms with E-state index in [9.17, 15) is 18.0 Å². The van der Waals surface area contributed by atoms with Crippen LogP contribution < -0.4 is 9.47 Å². The van der Waals surface area contributed by atoms with Crippen LogP contribution in [0.5, 0.6) is 11.6 Å². The summed E-state index contributed by atoms with van der Waals surface area (Å²) in [5, 5.41) is 0.0152. The maximum Gasteiger partial charge on any atom is 0.573 e. The van der Waals surface area contributed by atoms with Gasteiger partial charge in [0.1, 0.15) is 0 Å². The molecule has 5 nitrogen and oxygen atoms in total. The fourth-order valence-electron chi connectivity index (χ4n) is 1.23. The summed E-state index contributed by atoms with van der Waals surface area (Å²) in [4.78, 5) is 14.9. The van der Waals surface area contributed by atoms with Crippen LogP contribution in [-0.4, -0.2) is 31.5 Å². The van der Waals surface area contributed by atoms with Crippen molar-refractivity contribution in [3.63, 3.8) is 0 Å². The lowest BCUT2D eigenvalue weighted by Gasteiger charge is -2.15. The van der Waals surface area contributed by atoms with Gasteiger partial charge < -0.3 is 14.2 Å². The second-order valence-electron chi connectivity index (χ2n) is 3.18. The molecule has 0 spiro atoms. The van der Waals surface area contributed by atoms with Crippen LogP contribution in [0.25, 0.3) is 0 Å². The standard InChI is InChI=1S/C10H9BrF3NO4/c1-17-8-7(19-10(12,13)14)5(4-11)3-6(15-8)9(16)18-2/h3H,4H2,1-2H3. The highest BCUT2D eigenvalue weighted by Gasteiger charge is 2.34. The Morgan fingerprint density at radius 2 is 2.05 bits per heavy atom. The van der Waals surface area contributed by atoms with Crippen LogP contribution in [0, 0.1) is 0 Å². The lowest BCUT2D eigenvalue weighted by Crippen LogP contribution is -2.19. The number of methoxy groups -OCH3 is 2. The Morgan fingerprint density at radius 1 is 1.42 bits per heavy atom. The summed E-state index contributed by atoms with van der Waals surface area (Å²) in [5.41, 5.74) is -0.118. The summed E-state index contributed by atoms with van der Waals surface area (Å²) in [6.07, 6.45) is -4.89. The van der Waals surface area contributed by atoms with Gasteiger partial charge in [0, 0.05) is 10.9 Å². The maximum atomic E-state index is 12.3. The van der Waals surface area contributed by atoms with Gasteiger partial charge in [-0.15, -0.1) is 13.2 Å². The second kappa shape index (κ2) is 6.09. The number of halogens is 4. The first kappa shape index (κ1) is 15.5. The smallest absolute Gasteiger partial charge is 0.478 e. The molecule has 0 aliphatic rings. The summed E-state index contributed by atoms with van der Waals surface area (Å²) >= 11 is 3.00. The Morgan fingerprint density at radius 3 is 2.47 bits per heavy atom. The molecule has 0 saturated heterocycles. The Balaban J connectivity index is 3.33. The number of nitrogens with zero attached hydrogens (tertiary/aromatic N) is 1. The fourth-order valence-corrected chi connectivity index (χ4v) is 1.65. The molecule has 0 saturated carbocycles. The van der Waals surface area contributed by atoms with E-state index in [2.05, 4.69) is 30.4 Å². The molecule has 1 heterocycles. The van der Waals surface area contributed by atoms with E-state index in [4.69, 9.17) is 4.74 Å². The summed E-state index contributed by atoms with van der Waals surface area (Å²) in [6, 6.07) is 1.13. The van der Waals surface area contributed by atoms with Gasteiger partial charge in [0.25, 0.3) is 5.88 Å². The number of pyridine rings is 1. The topological polar surface area (TPSA) is 57.7 Å². The Kier molecular flexibility index (Phi) is 4.98. The van der Waals surface area contributed by atoms with Gasteiger partial charge in [0.05, 0.1) is 14.2 Å². The normalized spacial score (nSPS) is 11.1. The van der Waals surface area contributed by atoms with Crippen molar-refractivity contribution < 1.29 is 32.2 Å². The Labute approximate surface area is 114 Å². The summed E-state index contributed by atoms with van der Waals surface area (Å²) in [6.45, 7) is 0. The Hall–Kier alpha value is -1.51. The van der Waals surface area contributed by atoms with E-state index in [1.165, 1.54) is 0 Å².